The summed E-state index contributed by atoms with van der Waals surface area (Å²) in [5, 5.41) is 0. The van der Waals surface area contributed by atoms with Gasteiger partial charge >= 0.3 is 5.97 Å². The largest absolute Gasteiger partial charge is 0.493 e. The zero-order valence-corrected chi connectivity index (χ0v) is 15.7. The van der Waals surface area contributed by atoms with E-state index in [0.29, 0.717) is 19.7 Å². The highest BCUT2D eigenvalue weighted by Crippen LogP contribution is 2.14. The molecule has 28 heavy (non-hydrogen) atoms. The van der Waals surface area contributed by atoms with E-state index in [4.69, 9.17) is 14.2 Å². The van der Waals surface area contributed by atoms with Crippen LogP contribution in [0.15, 0.2) is 72.7 Å². The molecule has 0 N–H and O–H groups in total. The number of esters is 1. The molecular weight excluding hydrogens is 358 g/mol. The maximum atomic E-state index is 13.0. The molecule has 1 atom stereocenters. The molecular formula is C22H23NO5. The third-order valence-electron chi connectivity index (χ3n) is 4.23. The first-order valence-electron chi connectivity index (χ1n) is 9.15. The van der Waals surface area contributed by atoms with Crippen LogP contribution >= 0.6 is 0 Å². The molecule has 0 unspecified atom stereocenters. The van der Waals surface area contributed by atoms with Crippen LogP contribution in [0, 0.1) is 0 Å². The minimum absolute atomic E-state index is 0.0245. The third-order valence-corrected chi connectivity index (χ3v) is 4.23. The Morgan fingerprint density at radius 2 is 1.54 bits per heavy atom. The molecule has 1 amide bonds. The summed E-state index contributed by atoms with van der Waals surface area (Å²) in [5.74, 6) is -1.01. The number of carbonyl (C=O) groups excluding carboxylic acids is 2. The van der Waals surface area contributed by atoms with Gasteiger partial charge in [0.05, 0.1) is 0 Å². The monoisotopic (exact) mass is 381 g/mol. The maximum Gasteiger partial charge on any atom is 0.377 e. The van der Waals surface area contributed by atoms with Gasteiger partial charge < -0.3 is 19.1 Å². The van der Waals surface area contributed by atoms with Crippen molar-refractivity contribution in [3.05, 3.63) is 83.8 Å². The Labute approximate surface area is 164 Å². The summed E-state index contributed by atoms with van der Waals surface area (Å²) in [6.45, 7) is 3.05. The molecule has 6 heteroatoms. The molecule has 0 saturated carbocycles. The molecule has 1 aliphatic heterocycles. The molecule has 0 aromatic heterocycles. The van der Waals surface area contributed by atoms with Gasteiger partial charge in [-0.1, -0.05) is 60.7 Å². The summed E-state index contributed by atoms with van der Waals surface area (Å²) in [6.07, 6.45) is 0.265. The van der Waals surface area contributed by atoms with Gasteiger partial charge in [0.15, 0.2) is 6.10 Å². The number of amides is 1. The number of rotatable bonds is 7. The van der Waals surface area contributed by atoms with E-state index >= 15 is 0 Å². The van der Waals surface area contributed by atoms with Crippen molar-refractivity contribution >= 4 is 11.9 Å². The van der Waals surface area contributed by atoms with Gasteiger partial charge in [0.2, 0.25) is 5.76 Å². The van der Waals surface area contributed by atoms with Crippen molar-refractivity contribution in [3.63, 3.8) is 0 Å². The Bertz CT molecular complexity index is 778. The minimum Gasteiger partial charge on any atom is -0.493 e. The first kappa shape index (κ1) is 19.5. The van der Waals surface area contributed by atoms with Crippen LogP contribution < -0.4 is 0 Å². The predicted octanol–water partition coefficient (Wildman–Crippen LogP) is 3.04. The van der Waals surface area contributed by atoms with E-state index in [-0.39, 0.29) is 18.3 Å². The van der Waals surface area contributed by atoms with Crippen molar-refractivity contribution in [2.75, 3.05) is 13.2 Å². The van der Waals surface area contributed by atoms with Gasteiger partial charge in [-0.15, -0.1) is 0 Å². The molecule has 1 heterocycles. The Balaban J connectivity index is 1.71. The number of carbonyl (C=O) groups is 2. The first-order valence-corrected chi connectivity index (χ1v) is 9.15. The Morgan fingerprint density at radius 1 is 0.964 bits per heavy atom. The van der Waals surface area contributed by atoms with Crippen LogP contribution in [0.1, 0.15) is 18.1 Å². The fourth-order valence-electron chi connectivity index (χ4n) is 2.82. The Kier molecular flexibility index (Phi) is 6.68. The van der Waals surface area contributed by atoms with Crippen molar-refractivity contribution in [2.45, 2.75) is 26.1 Å². The van der Waals surface area contributed by atoms with Crippen LogP contribution in [0.3, 0.4) is 0 Å². The van der Waals surface area contributed by atoms with Crippen molar-refractivity contribution in [1.82, 2.24) is 4.90 Å². The topological polar surface area (TPSA) is 65.1 Å². The highest BCUT2D eigenvalue weighted by Gasteiger charge is 2.27. The fourth-order valence-corrected chi connectivity index (χ4v) is 2.82. The van der Waals surface area contributed by atoms with Gasteiger partial charge in [-0.25, -0.2) is 4.79 Å². The van der Waals surface area contributed by atoms with Gasteiger partial charge in [-0.2, -0.15) is 0 Å². The molecule has 146 valence electrons. The summed E-state index contributed by atoms with van der Waals surface area (Å²) in [4.78, 5) is 26.9. The van der Waals surface area contributed by atoms with Crippen molar-refractivity contribution in [1.29, 1.82) is 0 Å². The first-order chi connectivity index (χ1) is 13.6. The van der Waals surface area contributed by atoms with Gasteiger partial charge in [-0.3, -0.25) is 4.79 Å². The standard InChI is InChI=1S/C22H23NO5/c1-17(28-22(25)20-16-26-12-13-27-20)21(24)23(14-18-8-4-2-5-9-18)15-19-10-6-3-7-11-19/h2-11,16-17H,12-15H2,1H3/t17-/m0/s1. The quantitative estimate of drug-likeness (QED) is 0.690. The normalized spacial score (nSPS) is 14.1. The number of nitrogens with zero attached hydrogens (tertiary/aromatic N) is 1. The molecule has 0 bridgehead atoms. The Morgan fingerprint density at radius 3 is 2.04 bits per heavy atom. The summed E-state index contributed by atoms with van der Waals surface area (Å²) >= 11 is 0. The maximum absolute atomic E-state index is 13.0. The average Bonchev–Trinajstić information content (AvgIpc) is 2.75. The van der Waals surface area contributed by atoms with E-state index in [1.165, 1.54) is 6.26 Å². The van der Waals surface area contributed by atoms with Crippen LogP contribution in [0.4, 0.5) is 0 Å². The highest BCUT2D eigenvalue weighted by atomic mass is 16.6. The lowest BCUT2D eigenvalue weighted by molar-refractivity contribution is -0.160. The summed E-state index contributed by atoms with van der Waals surface area (Å²) in [5.41, 5.74) is 1.99. The van der Waals surface area contributed by atoms with Crippen molar-refractivity contribution < 1.29 is 23.8 Å². The summed E-state index contributed by atoms with van der Waals surface area (Å²) in [7, 11) is 0. The molecule has 2 aromatic rings. The lowest BCUT2D eigenvalue weighted by Crippen LogP contribution is -2.39. The second-order valence-electron chi connectivity index (χ2n) is 6.41. The second kappa shape index (κ2) is 9.60. The molecule has 0 fully saturated rings. The van der Waals surface area contributed by atoms with E-state index in [2.05, 4.69) is 0 Å². The number of benzene rings is 2. The van der Waals surface area contributed by atoms with E-state index in [0.717, 1.165) is 11.1 Å². The predicted molar refractivity (Wildman–Crippen MR) is 103 cm³/mol. The van der Waals surface area contributed by atoms with E-state index in [1.54, 1.807) is 11.8 Å². The van der Waals surface area contributed by atoms with Crippen LogP contribution in [-0.2, 0) is 36.9 Å². The summed E-state index contributed by atoms with van der Waals surface area (Å²) in [6, 6.07) is 19.4. The second-order valence-corrected chi connectivity index (χ2v) is 6.41. The molecule has 0 radical (unpaired) electrons. The smallest absolute Gasteiger partial charge is 0.377 e. The fraction of sp³-hybridized carbons (Fsp3) is 0.273. The molecule has 0 saturated heterocycles. The number of hydrogen-bond donors (Lipinski definition) is 0. The van der Waals surface area contributed by atoms with Gasteiger partial charge in [0.25, 0.3) is 5.91 Å². The summed E-state index contributed by atoms with van der Waals surface area (Å²) < 4.78 is 15.6. The Hall–Kier alpha value is -3.28. The van der Waals surface area contributed by atoms with Crippen LogP contribution in [-0.4, -0.2) is 36.1 Å². The van der Waals surface area contributed by atoms with Crippen molar-refractivity contribution in [3.8, 4) is 0 Å². The molecule has 2 aromatic carbocycles. The molecule has 3 rings (SSSR count). The molecule has 6 nitrogen and oxygen atoms in total. The minimum atomic E-state index is -0.952. The molecule has 0 aliphatic carbocycles. The number of hydrogen-bond acceptors (Lipinski definition) is 5. The average molecular weight is 381 g/mol. The van der Waals surface area contributed by atoms with Gasteiger partial charge in [-0.05, 0) is 18.1 Å². The van der Waals surface area contributed by atoms with Crippen LogP contribution in [0.2, 0.25) is 0 Å². The van der Waals surface area contributed by atoms with Crippen LogP contribution in [0.5, 0.6) is 0 Å². The van der Waals surface area contributed by atoms with E-state index < -0.39 is 12.1 Å². The van der Waals surface area contributed by atoms with Crippen LogP contribution in [0.25, 0.3) is 0 Å². The van der Waals surface area contributed by atoms with Crippen molar-refractivity contribution in [2.24, 2.45) is 0 Å². The lowest BCUT2D eigenvalue weighted by Gasteiger charge is -2.26. The van der Waals surface area contributed by atoms with Gasteiger partial charge in [0.1, 0.15) is 19.5 Å². The number of ether oxygens (including phenoxy) is 3. The third kappa shape index (κ3) is 5.36. The van der Waals surface area contributed by atoms with E-state index in [9.17, 15) is 9.59 Å². The SMILES string of the molecule is C[C@H](OC(=O)C1=COCCO1)C(=O)N(Cc1ccccc1)Cc1ccccc1. The lowest BCUT2D eigenvalue weighted by atomic mass is 10.1. The molecule has 0 spiro atoms. The zero-order chi connectivity index (χ0) is 19.8. The van der Waals surface area contributed by atoms with E-state index in [1.807, 2.05) is 60.7 Å². The zero-order valence-electron chi connectivity index (χ0n) is 15.7. The highest BCUT2D eigenvalue weighted by molar-refractivity contribution is 5.89. The van der Waals surface area contributed by atoms with Gasteiger partial charge in [0, 0.05) is 13.1 Å². The molecule has 1 aliphatic rings.